The van der Waals surface area contributed by atoms with Crippen molar-refractivity contribution in [3.05, 3.63) is 34.2 Å². The summed E-state index contributed by atoms with van der Waals surface area (Å²) in [5.41, 5.74) is 2.54. The summed E-state index contributed by atoms with van der Waals surface area (Å²) in [5, 5.41) is 2.23. The van der Waals surface area contributed by atoms with E-state index in [1.54, 1.807) is 11.6 Å². The lowest BCUT2D eigenvalue weighted by Gasteiger charge is -2.37. The van der Waals surface area contributed by atoms with Crippen molar-refractivity contribution in [2.75, 3.05) is 39.3 Å². The van der Waals surface area contributed by atoms with Crippen LogP contribution >= 0.6 is 0 Å². The van der Waals surface area contributed by atoms with Gasteiger partial charge in [0.25, 0.3) is 0 Å². The van der Waals surface area contributed by atoms with Crippen LogP contribution in [0.15, 0.2) is 23.0 Å². The maximum absolute atomic E-state index is 13.0. The number of fused-ring (bicyclic) bond motifs is 1. The number of carbonyl (C=O) groups excluding carboxylic acids is 2. The van der Waals surface area contributed by atoms with E-state index in [9.17, 15) is 14.4 Å². The fourth-order valence-corrected chi connectivity index (χ4v) is 6.11. The Balaban J connectivity index is 1.33. The molecular weight excluding hydrogens is 454 g/mol. The predicted octanol–water partition coefficient (Wildman–Crippen LogP) is 3.08. The fraction of sp³-hybridized carbons (Fsp3) is 0.679. The quantitative estimate of drug-likeness (QED) is 0.483. The summed E-state index contributed by atoms with van der Waals surface area (Å²) in [7, 11) is 1.75. The zero-order valence-electron chi connectivity index (χ0n) is 22.1. The zero-order valence-corrected chi connectivity index (χ0v) is 22.1. The molecule has 2 aliphatic rings. The topological polar surface area (TPSA) is 79.6 Å². The summed E-state index contributed by atoms with van der Waals surface area (Å²) in [5.74, 6) is 0.479. The number of hydrogen-bond donors (Lipinski definition) is 1. The van der Waals surface area contributed by atoms with E-state index in [2.05, 4.69) is 27.2 Å². The zero-order chi connectivity index (χ0) is 25.5. The number of piperazine rings is 1. The summed E-state index contributed by atoms with van der Waals surface area (Å²) < 4.78 is 3.15. The first-order valence-corrected chi connectivity index (χ1v) is 13.9. The number of aryl methyl sites for hydroxylation is 2. The summed E-state index contributed by atoms with van der Waals surface area (Å²) >= 11 is 0. The molecule has 8 nitrogen and oxygen atoms in total. The van der Waals surface area contributed by atoms with Crippen LogP contribution in [0.3, 0.4) is 0 Å². The van der Waals surface area contributed by atoms with Gasteiger partial charge in [-0.05, 0) is 62.3 Å². The molecule has 198 valence electrons. The molecule has 1 atom stereocenters. The van der Waals surface area contributed by atoms with Crippen LogP contribution in [-0.2, 0) is 23.1 Å². The number of rotatable bonds is 11. The molecule has 1 saturated heterocycles. The van der Waals surface area contributed by atoms with E-state index in [0.717, 1.165) is 55.8 Å². The molecule has 2 aromatic rings. The standard InChI is InChI=1S/C28H43N5O3/c1-3-8-25(27(35)29-21-34)33-24-13-12-22(19-26(24)30(2)28(33)36)11-7-14-31-15-17-32(18-16-31)20-23-9-5-4-6-10-23/h12-13,19,21,23,25H,3-11,14-18,20H2,1-2H3,(H,29,34,35). The molecule has 0 radical (unpaired) electrons. The van der Waals surface area contributed by atoms with Gasteiger partial charge in [0.1, 0.15) is 6.04 Å². The largest absolute Gasteiger partial charge is 0.329 e. The average molecular weight is 498 g/mol. The van der Waals surface area contributed by atoms with Crippen LogP contribution in [0.25, 0.3) is 11.0 Å². The van der Waals surface area contributed by atoms with Crippen molar-refractivity contribution in [3.63, 3.8) is 0 Å². The number of imidazole rings is 1. The van der Waals surface area contributed by atoms with Crippen LogP contribution < -0.4 is 11.0 Å². The molecule has 2 heterocycles. The Morgan fingerprint density at radius 2 is 1.81 bits per heavy atom. The van der Waals surface area contributed by atoms with Gasteiger partial charge in [-0.3, -0.25) is 24.0 Å². The number of nitrogens with zero attached hydrogens (tertiary/aromatic N) is 4. The number of hydrogen-bond acceptors (Lipinski definition) is 5. The summed E-state index contributed by atoms with van der Waals surface area (Å²) in [4.78, 5) is 41.6. The van der Waals surface area contributed by atoms with Crippen molar-refractivity contribution in [3.8, 4) is 0 Å². The van der Waals surface area contributed by atoms with Crippen molar-refractivity contribution in [1.29, 1.82) is 0 Å². The van der Waals surface area contributed by atoms with Crippen LogP contribution in [0.4, 0.5) is 0 Å². The van der Waals surface area contributed by atoms with E-state index in [1.165, 1.54) is 61.9 Å². The van der Waals surface area contributed by atoms with Gasteiger partial charge >= 0.3 is 5.69 Å². The number of carbonyl (C=O) groups is 2. The highest BCUT2D eigenvalue weighted by atomic mass is 16.2. The number of aromatic nitrogens is 2. The molecule has 0 bridgehead atoms. The van der Waals surface area contributed by atoms with Gasteiger partial charge in [0.15, 0.2) is 0 Å². The van der Waals surface area contributed by atoms with Crippen molar-refractivity contribution in [1.82, 2.24) is 24.3 Å². The number of amides is 2. The van der Waals surface area contributed by atoms with E-state index >= 15 is 0 Å². The van der Waals surface area contributed by atoms with Gasteiger partial charge in [-0.1, -0.05) is 38.7 Å². The molecule has 1 aromatic heterocycles. The minimum absolute atomic E-state index is 0.229. The minimum atomic E-state index is -0.695. The third-order valence-electron chi connectivity index (χ3n) is 8.18. The van der Waals surface area contributed by atoms with Gasteiger partial charge in [0, 0.05) is 39.8 Å². The number of benzene rings is 1. The molecular formula is C28H43N5O3. The first kappa shape index (κ1) is 26.6. The summed E-state index contributed by atoms with van der Waals surface area (Å²) in [6.07, 6.45) is 10.8. The lowest BCUT2D eigenvalue weighted by molar-refractivity contribution is -0.128. The lowest BCUT2D eigenvalue weighted by Crippen LogP contribution is -2.48. The second-order valence-electron chi connectivity index (χ2n) is 10.7. The molecule has 4 rings (SSSR count). The van der Waals surface area contributed by atoms with Gasteiger partial charge in [0.2, 0.25) is 12.3 Å². The highest BCUT2D eigenvalue weighted by Gasteiger charge is 2.25. The molecule has 1 unspecified atom stereocenters. The van der Waals surface area contributed by atoms with E-state index in [-0.39, 0.29) is 5.69 Å². The van der Waals surface area contributed by atoms with Crippen molar-refractivity contribution in [2.45, 2.75) is 70.8 Å². The van der Waals surface area contributed by atoms with Crippen LogP contribution in [-0.4, -0.2) is 70.5 Å². The van der Waals surface area contributed by atoms with Crippen LogP contribution in [0.1, 0.15) is 69.9 Å². The Bertz CT molecular complexity index is 1080. The van der Waals surface area contributed by atoms with E-state index in [0.29, 0.717) is 12.8 Å². The molecule has 0 spiro atoms. The number of imide groups is 1. The molecule has 1 aromatic carbocycles. The average Bonchev–Trinajstić information content (AvgIpc) is 3.13. The normalized spacial score (nSPS) is 18.9. The predicted molar refractivity (Wildman–Crippen MR) is 143 cm³/mol. The smallest absolute Gasteiger partial charge is 0.301 e. The van der Waals surface area contributed by atoms with Gasteiger partial charge in [-0.2, -0.15) is 0 Å². The Labute approximate surface area is 214 Å². The molecule has 1 aliphatic heterocycles. The van der Waals surface area contributed by atoms with Gasteiger partial charge in [-0.25, -0.2) is 4.79 Å². The Kier molecular flexibility index (Phi) is 9.37. The summed E-state index contributed by atoms with van der Waals surface area (Å²) in [6.45, 7) is 9.05. The van der Waals surface area contributed by atoms with Crippen LogP contribution in [0.2, 0.25) is 0 Å². The second kappa shape index (κ2) is 12.7. The van der Waals surface area contributed by atoms with Crippen LogP contribution in [0, 0.1) is 5.92 Å². The third kappa shape index (κ3) is 6.27. The maximum Gasteiger partial charge on any atom is 0.329 e. The Morgan fingerprint density at radius 3 is 2.50 bits per heavy atom. The monoisotopic (exact) mass is 497 g/mol. The first-order valence-electron chi connectivity index (χ1n) is 13.9. The molecule has 8 heteroatoms. The molecule has 1 aliphatic carbocycles. The Morgan fingerprint density at radius 1 is 1.08 bits per heavy atom. The number of nitrogens with one attached hydrogen (secondary N) is 1. The van der Waals surface area contributed by atoms with Crippen LogP contribution in [0.5, 0.6) is 0 Å². The maximum atomic E-state index is 13.0. The van der Waals surface area contributed by atoms with Crippen molar-refractivity contribution < 1.29 is 9.59 Å². The van der Waals surface area contributed by atoms with E-state index in [1.807, 2.05) is 13.0 Å². The Hall–Kier alpha value is -2.45. The molecule has 2 amide bonds. The van der Waals surface area contributed by atoms with E-state index < -0.39 is 11.9 Å². The molecule has 1 N–H and O–H groups in total. The fourth-order valence-electron chi connectivity index (χ4n) is 6.11. The minimum Gasteiger partial charge on any atom is -0.301 e. The summed E-state index contributed by atoms with van der Waals surface area (Å²) in [6, 6.07) is 5.41. The van der Waals surface area contributed by atoms with Crippen molar-refractivity contribution >= 4 is 23.4 Å². The molecule has 2 fully saturated rings. The third-order valence-corrected chi connectivity index (χ3v) is 8.18. The SMILES string of the molecule is CCCC(C(=O)NC=O)n1c(=O)n(C)c2cc(CCCN3CCN(CC4CCCCC4)CC3)ccc21. The lowest BCUT2D eigenvalue weighted by atomic mass is 9.89. The van der Waals surface area contributed by atoms with E-state index in [4.69, 9.17) is 0 Å². The molecule has 1 saturated carbocycles. The highest BCUT2D eigenvalue weighted by molar-refractivity contribution is 5.90. The van der Waals surface area contributed by atoms with Crippen molar-refractivity contribution in [2.24, 2.45) is 13.0 Å². The molecule has 36 heavy (non-hydrogen) atoms. The second-order valence-corrected chi connectivity index (χ2v) is 10.7. The first-order chi connectivity index (χ1) is 17.5. The van der Waals surface area contributed by atoms with Gasteiger partial charge < -0.3 is 9.80 Å². The van der Waals surface area contributed by atoms with Gasteiger partial charge in [-0.15, -0.1) is 0 Å². The highest BCUT2D eigenvalue weighted by Crippen LogP contribution is 2.25. The van der Waals surface area contributed by atoms with Gasteiger partial charge in [0.05, 0.1) is 11.0 Å².